The highest BCUT2D eigenvalue weighted by Crippen LogP contribution is 2.38. The molecule has 1 heterocycles. The highest BCUT2D eigenvalue weighted by atomic mass is 79.9. The molecule has 0 bridgehead atoms. The molecule has 0 saturated heterocycles. The Labute approximate surface area is 178 Å². The van der Waals surface area contributed by atoms with Crippen LogP contribution in [-0.2, 0) is 11.0 Å². The van der Waals surface area contributed by atoms with Crippen LogP contribution < -0.4 is 5.56 Å². The molecule has 4 nitrogen and oxygen atoms in total. The van der Waals surface area contributed by atoms with Gasteiger partial charge in [0.2, 0.25) is 0 Å². The maximum atomic E-state index is 13.1. The standard InChI is InChI=1S/C22H34BrNO3Si/c1-15(25)19-12-24(20(26)17-10-9-16(23)11-18(17)19)13-22(5,6)14-27-28(7,8)21(2,3)4/h9-12,15,25H,13-14H2,1-8H3. The van der Waals surface area contributed by atoms with E-state index in [-0.39, 0.29) is 16.0 Å². The van der Waals surface area contributed by atoms with Crippen LogP contribution in [0.3, 0.4) is 0 Å². The maximum absolute atomic E-state index is 13.1. The molecular formula is C22H34BrNO3Si. The molecule has 1 aromatic heterocycles. The molecule has 0 spiro atoms. The van der Waals surface area contributed by atoms with E-state index in [1.54, 1.807) is 17.7 Å². The third-order valence-corrected chi connectivity index (χ3v) is 10.7. The summed E-state index contributed by atoms with van der Waals surface area (Å²) in [6.07, 6.45) is 1.14. The van der Waals surface area contributed by atoms with E-state index in [1.807, 2.05) is 18.2 Å². The molecule has 28 heavy (non-hydrogen) atoms. The van der Waals surface area contributed by atoms with Crippen molar-refractivity contribution in [3.8, 4) is 0 Å². The van der Waals surface area contributed by atoms with Crippen molar-refractivity contribution in [2.24, 2.45) is 5.41 Å². The normalized spacial score (nSPS) is 14.5. The lowest BCUT2D eigenvalue weighted by Gasteiger charge is -2.39. The molecule has 1 N–H and O–H groups in total. The van der Waals surface area contributed by atoms with E-state index < -0.39 is 14.4 Å². The summed E-state index contributed by atoms with van der Waals surface area (Å²) in [4.78, 5) is 13.1. The number of hydrogen-bond donors (Lipinski definition) is 1. The van der Waals surface area contributed by atoms with Crippen molar-refractivity contribution >= 4 is 35.0 Å². The van der Waals surface area contributed by atoms with Gasteiger partial charge in [0.1, 0.15) is 0 Å². The quantitative estimate of drug-likeness (QED) is 0.540. The number of nitrogens with zero attached hydrogens (tertiary/aromatic N) is 1. The van der Waals surface area contributed by atoms with Gasteiger partial charge in [-0.05, 0) is 48.6 Å². The van der Waals surface area contributed by atoms with E-state index in [4.69, 9.17) is 4.43 Å². The van der Waals surface area contributed by atoms with E-state index in [0.717, 1.165) is 15.4 Å². The van der Waals surface area contributed by atoms with Gasteiger partial charge in [-0.2, -0.15) is 0 Å². The number of aromatic nitrogens is 1. The summed E-state index contributed by atoms with van der Waals surface area (Å²) < 4.78 is 9.04. The third kappa shape index (κ3) is 5.15. The Morgan fingerprint density at radius 2 is 1.79 bits per heavy atom. The smallest absolute Gasteiger partial charge is 0.258 e. The fraction of sp³-hybridized carbons (Fsp3) is 0.591. The van der Waals surface area contributed by atoms with Gasteiger partial charge in [-0.25, -0.2) is 0 Å². The molecule has 2 rings (SSSR count). The Hall–Kier alpha value is -0.953. The Bertz CT molecular complexity index is 910. The zero-order valence-corrected chi connectivity index (χ0v) is 21.0. The number of benzene rings is 1. The lowest BCUT2D eigenvalue weighted by atomic mass is 9.94. The summed E-state index contributed by atoms with van der Waals surface area (Å²) in [5.74, 6) is 0. The predicted molar refractivity (Wildman–Crippen MR) is 123 cm³/mol. The topological polar surface area (TPSA) is 51.5 Å². The van der Waals surface area contributed by atoms with Crippen LogP contribution in [0.4, 0.5) is 0 Å². The second-order valence-corrected chi connectivity index (χ2v) is 15.8. The first-order valence-electron chi connectivity index (χ1n) is 9.79. The van der Waals surface area contributed by atoms with Crippen LogP contribution >= 0.6 is 15.9 Å². The van der Waals surface area contributed by atoms with Gasteiger partial charge in [0.15, 0.2) is 8.32 Å². The number of aliphatic hydroxyl groups is 1. The van der Waals surface area contributed by atoms with Crippen LogP contribution in [0.5, 0.6) is 0 Å². The van der Waals surface area contributed by atoms with Crippen LogP contribution in [-0.4, -0.2) is 24.6 Å². The average Bonchev–Trinajstić information content (AvgIpc) is 2.54. The van der Waals surface area contributed by atoms with Gasteiger partial charge in [0.05, 0.1) is 6.10 Å². The molecule has 0 radical (unpaired) electrons. The molecule has 156 valence electrons. The van der Waals surface area contributed by atoms with Gasteiger partial charge >= 0.3 is 0 Å². The van der Waals surface area contributed by atoms with Crippen molar-refractivity contribution in [2.45, 2.75) is 72.3 Å². The van der Waals surface area contributed by atoms with Gasteiger partial charge in [-0.1, -0.05) is 50.5 Å². The van der Waals surface area contributed by atoms with Crippen LogP contribution in [0.2, 0.25) is 18.1 Å². The Morgan fingerprint density at radius 1 is 1.18 bits per heavy atom. The van der Waals surface area contributed by atoms with Gasteiger partial charge in [0, 0.05) is 40.2 Å². The first-order valence-corrected chi connectivity index (χ1v) is 13.5. The van der Waals surface area contributed by atoms with Crippen molar-refractivity contribution in [1.82, 2.24) is 4.57 Å². The number of hydrogen-bond acceptors (Lipinski definition) is 3. The molecule has 0 fully saturated rings. The molecule has 1 atom stereocenters. The first kappa shape index (κ1) is 23.3. The summed E-state index contributed by atoms with van der Waals surface area (Å²) >= 11 is 3.46. The summed E-state index contributed by atoms with van der Waals surface area (Å²) in [6.45, 7) is 18.3. The molecule has 0 aliphatic carbocycles. The molecule has 0 amide bonds. The van der Waals surface area contributed by atoms with Crippen LogP contribution in [0, 0.1) is 5.41 Å². The van der Waals surface area contributed by atoms with Gasteiger partial charge < -0.3 is 14.1 Å². The van der Waals surface area contributed by atoms with Crippen LogP contribution in [0.25, 0.3) is 10.8 Å². The number of pyridine rings is 1. The molecule has 0 saturated carbocycles. The van der Waals surface area contributed by atoms with E-state index in [0.29, 0.717) is 18.5 Å². The lowest BCUT2D eigenvalue weighted by Crippen LogP contribution is -2.44. The molecule has 2 aromatic rings. The fourth-order valence-corrected chi connectivity index (χ4v) is 4.49. The fourth-order valence-electron chi connectivity index (χ4n) is 2.94. The van der Waals surface area contributed by atoms with Crippen molar-refractivity contribution < 1.29 is 9.53 Å². The largest absolute Gasteiger partial charge is 0.416 e. The van der Waals surface area contributed by atoms with E-state index >= 15 is 0 Å². The van der Waals surface area contributed by atoms with Crippen molar-refractivity contribution in [1.29, 1.82) is 0 Å². The number of fused-ring (bicyclic) bond motifs is 1. The summed E-state index contributed by atoms with van der Waals surface area (Å²) in [5, 5.41) is 11.8. The minimum Gasteiger partial charge on any atom is -0.416 e. The monoisotopic (exact) mass is 467 g/mol. The molecule has 1 unspecified atom stereocenters. The van der Waals surface area contributed by atoms with E-state index in [1.165, 1.54) is 0 Å². The van der Waals surface area contributed by atoms with E-state index in [9.17, 15) is 9.90 Å². The highest BCUT2D eigenvalue weighted by Gasteiger charge is 2.38. The van der Waals surface area contributed by atoms with Gasteiger partial charge in [-0.3, -0.25) is 4.79 Å². The van der Waals surface area contributed by atoms with E-state index in [2.05, 4.69) is 63.6 Å². The van der Waals surface area contributed by atoms with Crippen LogP contribution in [0.1, 0.15) is 53.2 Å². The Kier molecular flexibility index (Phi) is 6.71. The Balaban J connectivity index is 2.39. The average molecular weight is 469 g/mol. The van der Waals surface area contributed by atoms with Crippen molar-refractivity contribution in [2.75, 3.05) is 6.61 Å². The summed E-state index contributed by atoms with van der Waals surface area (Å²) in [7, 11) is -1.86. The minimum absolute atomic E-state index is 0.0349. The summed E-state index contributed by atoms with van der Waals surface area (Å²) in [6, 6.07) is 5.59. The van der Waals surface area contributed by atoms with Crippen molar-refractivity contribution in [3.05, 3.63) is 44.8 Å². The zero-order valence-electron chi connectivity index (χ0n) is 18.4. The number of halogens is 1. The SMILES string of the molecule is CC(O)c1cn(CC(C)(C)CO[Si](C)(C)C(C)(C)C)c(=O)c2ccc(Br)cc12. The molecule has 1 aromatic carbocycles. The zero-order chi connectivity index (χ0) is 21.5. The van der Waals surface area contributed by atoms with Gasteiger partial charge in [-0.15, -0.1) is 0 Å². The molecule has 0 aliphatic heterocycles. The lowest BCUT2D eigenvalue weighted by molar-refractivity contribution is 0.144. The number of rotatable bonds is 6. The maximum Gasteiger partial charge on any atom is 0.258 e. The second-order valence-electron chi connectivity index (χ2n) is 10.1. The summed E-state index contributed by atoms with van der Waals surface area (Å²) in [5.41, 5.74) is 0.516. The second kappa shape index (κ2) is 8.05. The first-order chi connectivity index (χ1) is 12.6. The Morgan fingerprint density at radius 3 is 2.32 bits per heavy atom. The van der Waals surface area contributed by atoms with Crippen molar-refractivity contribution in [3.63, 3.8) is 0 Å². The molecular weight excluding hydrogens is 434 g/mol. The predicted octanol–water partition coefficient (Wildman–Crippen LogP) is 5.87. The minimum atomic E-state index is -1.86. The molecule has 6 heteroatoms. The van der Waals surface area contributed by atoms with Crippen LogP contribution in [0.15, 0.2) is 33.7 Å². The van der Waals surface area contributed by atoms with Gasteiger partial charge in [0.25, 0.3) is 5.56 Å². The molecule has 0 aliphatic rings. The third-order valence-electron chi connectivity index (χ3n) is 5.76. The highest BCUT2D eigenvalue weighted by molar-refractivity contribution is 9.10. The number of aliphatic hydroxyl groups excluding tert-OH is 1.